The summed E-state index contributed by atoms with van der Waals surface area (Å²) in [6.45, 7) is 2.00. The van der Waals surface area contributed by atoms with Gasteiger partial charge in [-0.05, 0) is 18.1 Å². The van der Waals surface area contributed by atoms with Gasteiger partial charge in [0.2, 0.25) is 0 Å². The number of carbonyl (C=O) groups excluding carboxylic acids is 1. The molecule has 2 N–H and O–H groups in total. The average Bonchev–Trinajstić information content (AvgIpc) is 2.96. The minimum atomic E-state index is -0.963. The number of carboxylic acid groups (broad SMARTS) is 1. The molecule has 22 heavy (non-hydrogen) atoms. The van der Waals surface area contributed by atoms with Crippen LogP contribution in [0.3, 0.4) is 0 Å². The molecule has 1 unspecified atom stereocenters. The molecular weight excluding hydrogens is 282 g/mol. The fourth-order valence-corrected chi connectivity index (χ4v) is 2.31. The summed E-state index contributed by atoms with van der Waals surface area (Å²) in [4.78, 5) is 23.5. The standard InChI is InChI=1S/C17H19NO4/c1-2-6-15-13(9-10-22-15)17(21)18-14(11-16(19)20)12-7-4-3-5-8-12/h3-5,7-10,14H,2,6,11H2,1H3,(H,18,21)(H,19,20). The van der Waals surface area contributed by atoms with Crippen molar-refractivity contribution in [1.29, 1.82) is 0 Å². The van der Waals surface area contributed by atoms with Crippen molar-refractivity contribution in [2.24, 2.45) is 0 Å². The van der Waals surface area contributed by atoms with Gasteiger partial charge in [-0.15, -0.1) is 0 Å². The van der Waals surface area contributed by atoms with Crippen LogP contribution in [0.2, 0.25) is 0 Å². The SMILES string of the molecule is CCCc1occc1C(=O)NC(CC(=O)O)c1ccccc1. The van der Waals surface area contributed by atoms with Crippen LogP contribution < -0.4 is 5.32 Å². The molecule has 116 valence electrons. The summed E-state index contributed by atoms with van der Waals surface area (Å²) in [5.41, 5.74) is 1.23. The van der Waals surface area contributed by atoms with E-state index in [1.807, 2.05) is 25.1 Å². The van der Waals surface area contributed by atoms with Crippen LogP contribution in [-0.2, 0) is 11.2 Å². The Morgan fingerprint density at radius 2 is 1.95 bits per heavy atom. The van der Waals surface area contributed by atoms with Gasteiger partial charge in [0.1, 0.15) is 5.76 Å². The lowest BCUT2D eigenvalue weighted by molar-refractivity contribution is -0.137. The molecule has 0 saturated heterocycles. The molecule has 0 aliphatic carbocycles. The van der Waals surface area contributed by atoms with Crippen molar-refractivity contribution in [2.75, 3.05) is 0 Å². The maximum Gasteiger partial charge on any atom is 0.305 e. The van der Waals surface area contributed by atoms with Crippen molar-refractivity contribution in [1.82, 2.24) is 5.32 Å². The zero-order valence-corrected chi connectivity index (χ0v) is 12.4. The molecule has 1 aromatic heterocycles. The molecule has 2 aromatic rings. The van der Waals surface area contributed by atoms with E-state index in [0.29, 0.717) is 17.7 Å². The van der Waals surface area contributed by atoms with Crippen molar-refractivity contribution >= 4 is 11.9 Å². The van der Waals surface area contributed by atoms with Gasteiger partial charge in [0.15, 0.2) is 0 Å². The molecule has 0 aliphatic heterocycles. The van der Waals surface area contributed by atoms with E-state index in [-0.39, 0.29) is 12.3 Å². The van der Waals surface area contributed by atoms with Gasteiger partial charge >= 0.3 is 5.97 Å². The molecule has 5 heteroatoms. The number of amides is 1. The third-order valence-corrected chi connectivity index (χ3v) is 3.35. The lowest BCUT2D eigenvalue weighted by atomic mass is 10.0. The molecular formula is C17H19NO4. The second-order valence-electron chi connectivity index (χ2n) is 5.04. The highest BCUT2D eigenvalue weighted by atomic mass is 16.4. The van der Waals surface area contributed by atoms with Gasteiger partial charge in [-0.25, -0.2) is 0 Å². The molecule has 0 saturated carbocycles. The van der Waals surface area contributed by atoms with Crippen LogP contribution in [-0.4, -0.2) is 17.0 Å². The number of benzene rings is 1. The summed E-state index contributed by atoms with van der Waals surface area (Å²) < 4.78 is 5.32. The highest BCUT2D eigenvalue weighted by Crippen LogP contribution is 2.19. The van der Waals surface area contributed by atoms with Crippen LogP contribution >= 0.6 is 0 Å². The van der Waals surface area contributed by atoms with Gasteiger partial charge in [-0.1, -0.05) is 37.3 Å². The molecule has 0 radical (unpaired) electrons. The van der Waals surface area contributed by atoms with Gasteiger partial charge in [-0.2, -0.15) is 0 Å². The number of hydrogen-bond acceptors (Lipinski definition) is 3. The van der Waals surface area contributed by atoms with Crippen molar-refractivity contribution in [3.05, 3.63) is 59.5 Å². The summed E-state index contributed by atoms with van der Waals surface area (Å²) in [5.74, 6) is -0.649. The number of aliphatic carboxylic acids is 1. The quantitative estimate of drug-likeness (QED) is 0.823. The molecule has 5 nitrogen and oxygen atoms in total. The summed E-state index contributed by atoms with van der Waals surface area (Å²) >= 11 is 0. The first-order valence-electron chi connectivity index (χ1n) is 7.25. The van der Waals surface area contributed by atoms with Crippen molar-refractivity contribution in [3.63, 3.8) is 0 Å². The Morgan fingerprint density at radius 1 is 1.23 bits per heavy atom. The molecule has 0 bridgehead atoms. The summed E-state index contributed by atoms with van der Waals surface area (Å²) in [6, 6.07) is 10.1. The Morgan fingerprint density at radius 3 is 2.59 bits per heavy atom. The molecule has 1 amide bonds. The molecule has 0 fully saturated rings. The number of aryl methyl sites for hydroxylation is 1. The van der Waals surface area contributed by atoms with Gasteiger partial charge in [0.05, 0.1) is 24.3 Å². The third kappa shape index (κ3) is 3.97. The van der Waals surface area contributed by atoms with Crippen LogP contribution in [0.5, 0.6) is 0 Å². The number of rotatable bonds is 7. The van der Waals surface area contributed by atoms with Crippen LogP contribution in [0.15, 0.2) is 47.1 Å². The zero-order chi connectivity index (χ0) is 15.9. The molecule has 0 spiro atoms. The van der Waals surface area contributed by atoms with E-state index in [2.05, 4.69) is 5.32 Å². The zero-order valence-electron chi connectivity index (χ0n) is 12.4. The van der Waals surface area contributed by atoms with Crippen LogP contribution in [0.4, 0.5) is 0 Å². The second-order valence-corrected chi connectivity index (χ2v) is 5.04. The summed E-state index contributed by atoms with van der Waals surface area (Å²) in [6.07, 6.45) is 2.85. The Hall–Kier alpha value is -2.56. The fourth-order valence-electron chi connectivity index (χ4n) is 2.31. The highest BCUT2D eigenvalue weighted by molar-refractivity contribution is 5.95. The second kappa shape index (κ2) is 7.45. The number of furan rings is 1. The molecule has 0 aliphatic rings. The number of carboxylic acids is 1. The first kappa shape index (κ1) is 15.8. The van der Waals surface area contributed by atoms with Crippen molar-refractivity contribution in [2.45, 2.75) is 32.2 Å². The van der Waals surface area contributed by atoms with E-state index >= 15 is 0 Å². The number of hydrogen-bond donors (Lipinski definition) is 2. The van der Waals surface area contributed by atoms with E-state index in [1.54, 1.807) is 18.2 Å². The fraction of sp³-hybridized carbons (Fsp3) is 0.294. The maximum absolute atomic E-state index is 12.4. The van der Waals surface area contributed by atoms with E-state index < -0.39 is 12.0 Å². The number of nitrogens with one attached hydrogen (secondary N) is 1. The summed E-state index contributed by atoms with van der Waals surface area (Å²) in [5, 5.41) is 11.8. The largest absolute Gasteiger partial charge is 0.481 e. The monoisotopic (exact) mass is 301 g/mol. The first-order valence-corrected chi connectivity index (χ1v) is 7.25. The lowest BCUT2D eigenvalue weighted by Gasteiger charge is -2.17. The predicted molar refractivity (Wildman–Crippen MR) is 81.6 cm³/mol. The minimum absolute atomic E-state index is 0.170. The van der Waals surface area contributed by atoms with E-state index in [4.69, 9.17) is 9.52 Å². The van der Waals surface area contributed by atoms with Crippen molar-refractivity contribution < 1.29 is 19.1 Å². The third-order valence-electron chi connectivity index (χ3n) is 3.35. The Labute approximate surface area is 129 Å². The Kier molecular flexibility index (Phi) is 5.36. The topological polar surface area (TPSA) is 79.5 Å². The molecule has 1 heterocycles. The highest BCUT2D eigenvalue weighted by Gasteiger charge is 2.21. The van der Waals surface area contributed by atoms with Gasteiger partial charge in [0, 0.05) is 6.42 Å². The maximum atomic E-state index is 12.4. The van der Waals surface area contributed by atoms with Gasteiger partial charge in [0.25, 0.3) is 5.91 Å². The van der Waals surface area contributed by atoms with E-state index in [9.17, 15) is 9.59 Å². The molecule has 1 atom stereocenters. The number of carbonyl (C=O) groups is 2. The smallest absolute Gasteiger partial charge is 0.305 e. The molecule has 1 aromatic carbocycles. The van der Waals surface area contributed by atoms with Gasteiger partial charge in [-0.3, -0.25) is 9.59 Å². The Balaban J connectivity index is 2.18. The average molecular weight is 301 g/mol. The van der Waals surface area contributed by atoms with E-state index in [1.165, 1.54) is 6.26 Å². The van der Waals surface area contributed by atoms with Crippen LogP contribution in [0.25, 0.3) is 0 Å². The lowest BCUT2D eigenvalue weighted by Crippen LogP contribution is -2.30. The normalized spacial score (nSPS) is 11.9. The molecule has 2 rings (SSSR count). The summed E-state index contributed by atoms with van der Waals surface area (Å²) in [7, 11) is 0. The van der Waals surface area contributed by atoms with Crippen LogP contribution in [0, 0.1) is 0 Å². The minimum Gasteiger partial charge on any atom is -0.481 e. The predicted octanol–water partition coefficient (Wildman–Crippen LogP) is 3.18. The first-order chi connectivity index (χ1) is 10.6. The van der Waals surface area contributed by atoms with Gasteiger partial charge < -0.3 is 14.8 Å². The van der Waals surface area contributed by atoms with E-state index in [0.717, 1.165) is 12.0 Å². The van der Waals surface area contributed by atoms with Crippen LogP contribution in [0.1, 0.15) is 47.5 Å². The van der Waals surface area contributed by atoms with Crippen molar-refractivity contribution in [3.8, 4) is 0 Å². The Bertz CT molecular complexity index is 633.